The predicted octanol–water partition coefficient (Wildman–Crippen LogP) is 1.36. The topological polar surface area (TPSA) is 109 Å². The molecule has 3 amide bonds. The number of amides is 3. The van der Waals surface area contributed by atoms with E-state index >= 15 is 0 Å². The van der Waals surface area contributed by atoms with Crippen LogP contribution in [-0.2, 0) is 27.8 Å². The molecule has 208 valence electrons. The summed E-state index contributed by atoms with van der Waals surface area (Å²) in [6, 6.07) is 4.65. The Hall–Kier alpha value is -3.31. The van der Waals surface area contributed by atoms with Gasteiger partial charge < -0.3 is 29.7 Å². The number of hydrogen-bond acceptors (Lipinski definition) is 6. The SMILES string of the molecule is CNC(C)C(=O)NC(C(=O)N1CCCC1CN(CCc1ccc(F)cc1)C(=O)c1cn(C)cn1)C(C)OC. The molecule has 1 aliphatic rings. The molecule has 2 N–H and O–H groups in total. The van der Waals surface area contributed by atoms with E-state index in [1.54, 1.807) is 67.0 Å². The molecular weight excluding hydrogens is 491 g/mol. The highest BCUT2D eigenvalue weighted by Gasteiger charge is 2.38. The Morgan fingerprint density at radius 3 is 2.55 bits per heavy atom. The van der Waals surface area contributed by atoms with Crippen molar-refractivity contribution in [3.05, 3.63) is 53.9 Å². The largest absolute Gasteiger partial charge is 0.379 e. The number of carbonyl (C=O) groups excluding carboxylic acids is 3. The zero-order chi connectivity index (χ0) is 27.8. The van der Waals surface area contributed by atoms with Gasteiger partial charge >= 0.3 is 0 Å². The number of hydrogen-bond donors (Lipinski definition) is 2. The summed E-state index contributed by atoms with van der Waals surface area (Å²) in [5, 5.41) is 5.71. The summed E-state index contributed by atoms with van der Waals surface area (Å²) in [4.78, 5) is 47.4. The maximum Gasteiger partial charge on any atom is 0.274 e. The van der Waals surface area contributed by atoms with Gasteiger partial charge in [0, 0.05) is 46.0 Å². The molecule has 1 aromatic heterocycles. The van der Waals surface area contributed by atoms with Crippen LogP contribution in [-0.4, -0.2) is 95.1 Å². The minimum atomic E-state index is -0.858. The summed E-state index contributed by atoms with van der Waals surface area (Å²) in [7, 11) is 4.98. The number of nitrogens with zero attached hydrogens (tertiary/aromatic N) is 4. The Morgan fingerprint density at radius 2 is 1.95 bits per heavy atom. The van der Waals surface area contributed by atoms with E-state index in [9.17, 15) is 18.8 Å². The molecule has 11 heteroatoms. The fourth-order valence-corrected chi connectivity index (χ4v) is 4.55. The molecule has 1 aromatic carbocycles. The molecule has 1 saturated heterocycles. The van der Waals surface area contributed by atoms with Crippen LogP contribution in [0.1, 0.15) is 42.7 Å². The first kappa shape index (κ1) is 29.2. The first-order valence-electron chi connectivity index (χ1n) is 13.0. The second kappa shape index (κ2) is 13.5. The van der Waals surface area contributed by atoms with Crippen molar-refractivity contribution < 1.29 is 23.5 Å². The number of benzene rings is 1. The average Bonchev–Trinajstić information content (AvgIpc) is 3.57. The number of ether oxygens (including phenoxy) is 1. The van der Waals surface area contributed by atoms with Crippen LogP contribution in [0.4, 0.5) is 4.39 Å². The van der Waals surface area contributed by atoms with Crippen molar-refractivity contribution in [2.75, 3.05) is 33.8 Å². The molecule has 4 unspecified atom stereocenters. The number of halogens is 1. The highest BCUT2D eigenvalue weighted by atomic mass is 19.1. The summed E-state index contributed by atoms with van der Waals surface area (Å²) in [5.41, 5.74) is 1.22. The number of likely N-dealkylation sites (tertiary alicyclic amines) is 1. The third-order valence-electron chi connectivity index (χ3n) is 7.12. The van der Waals surface area contributed by atoms with E-state index in [2.05, 4.69) is 15.6 Å². The second-order valence-corrected chi connectivity index (χ2v) is 9.82. The van der Waals surface area contributed by atoms with Gasteiger partial charge in [0.05, 0.1) is 18.5 Å². The summed E-state index contributed by atoms with van der Waals surface area (Å²) < 4.78 is 20.5. The third-order valence-corrected chi connectivity index (χ3v) is 7.12. The smallest absolute Gasteiger partial charge is 0.274 e. The number of rotatable bonds is 12. The van der Waals surface area contributed by atoms with Gasteiger partial charge in [0.15, 0.2) is 0 Å². The molecule has 2 heterocycles. The Labute approximate surface area is 223 Å². The lowest BCUT2D eigenvalue weighted by atomic mass is 10.1. The number of imidazole rings is 1. The Bertz CT molecular complexity index is 1090. The third kappa shape index (κ3) is 7.38. The van der Waals surface area contributed by atoms with Gasteiger partial charge in [0.25, 0.3) is 5.91 Å². The molecule has 38 heavy (non-hydrogen) atoms. The molecule has 0 radical (unpaired) electrons. The van der Waals surface area contributed by atoms with Gasteiger partial charge in [-0.25, -0.2) is 9.37 Å². The van der Waals surface area contributed by atoms with Gasteiger partial charge in [-0.1, -0.05) is 12.1 Å². The lowest BCUT2D eigenvalue weighted by Crippen LogP contribution is -2.58. The average molecular weight is 531 g/mol. The normalized spacial score (nSPS) is 17.6. The van der Waals surface area contributed by atoms with Crippen molar-refractivity contribution in [3.8, 4) is 0 Å². The van der Waals surface area contributed by atoms with Crippen molar-refractivity contribution in [1.82, 2.24) is 30.0 Å². The maximum atomic E-state index is 13.7. The molecular formula is C27H39FN6O4. The summed E-state index contributed by atoms with van der Waals surface area (Å²) in [5.74, 6) is -1.07. The van der Waals surface area contributed by atoms with E-state index in [-0.39, 0.29) is 29.6 Å². The Morgan fingerprint density at radius 1 is 1.24 bits per heavy atom. The zero-order valence-corrected chi connectivity index (χ0v) is 22.8. The predicted molar refractivity (Wildman–Crippen MR) is 141 cm³/mol. The minimum Gasteiger partial charge on any atom is -0.379 e. The van der Waals surface area contributed by atoms with Gasteiger partial charge in [0.1, 0.15) is 17.6 Å². The number of aromatic nitrogens is 2. The number of aryl methyl sites for hydroxylation is 1. The number of carbonyl (C=O) groups is 3. The second-order valence-electron chi connectivity index (χ2n) is 9.82. The number of nitrogens with one attached hydrogen (secondary N) is 2. The quantitative estimate of drug-likeness (QED) is 0.429. The molecule has 0 spiro atoms. The summed E-state index contributed by atoms with van der Waals surface area (Å²) >= 11 is 0. The van der Waals surface area contributed by atoms with Crippen molar-refractivity contribution in [2.45, 2.75) is 57.3 Å². The van der Waals surface area contributed by atoms with E-state index in [1.807, 2.05) is 0 Å². The fraction of sp³-hybridized carbons (Fsp3) is 0.556. The zero-order valence-electron chi connectivity index (χ0n) is 22.8. The van der Waals surface area contributed by atoms with Gasteiger partial charge in [-0.15, -0.1) is 0 Å². The van der Waals surface area contributed by atoms with Crippen molar-refractivity contribution >= 4 is 17.7 Å². The van der Waals surface area contributed by atoms with Crippen LogP contribution < -0.4 is 10.6 Å². The van der Waals surface area contributed by atoms with Crippen molar-refractivity contribution in [2.24, 2.45) is 7.05 Å². The molecule has 1 fully saturated rings. The molecule has 3 rings (SSSR count). The van der Waals surface area contributed by atoms with Crippen LogP contribution in [0.3, 0.4) is 0 Å². The van der Waals surface area contributed by atoms with E-state index < -0.39 is 18.2 Å². The molecule has 0 aliphatic carbocycles. The number of methoxy groups -OCH3 is 1. The lowest BCUT2D eigenvalue weighted by Gasteiger charge is -2.34. The van der Waals surface area contributed by atoms with Crippen LogP contribution >= 0.6 is 0 Å². The number of likely N-dealkylation sites (N-methyl/N-ethyl adjacent to an activating group) is 1. The first-order valence-corrected chi connectivity index (χ1v) is 13.0. The van der Waals surface area contributed by atoms with Crippen LogP contribution in [0.15, 0.2) is 36.8 Å². The molecule has 0 saturated carbocycles. The van der Waals surface area contributed by atoms with Crippen LogP contribution in [0, 0.1) is 5.82 Å². The van der Waals surface area contributed by atoms with E-state index in [1.165, 1.54) is 19.2 Å². The Balaban J connectivity index is 1.79. The van der Waals surface area contributed by atoms with E-state index in [0.29, 0.717) is 31.7 Å². The van der Waals surface area contributed by atoms with Crippen LogP contribution in [0.5, 0.6) is 0 Å². The molecule has 0 bridgehead atoms. The van der Waals surface area contributed by atoms with Gasteiger partial charge in [-0.05, 0) is 57.9 Å². The van der Waals surface area contributed by atoms with E-state index in [4.69, 9.17) is 4.74 Å². The fourth-order valence-electron chi connectivity index (χ4n) is 4.55. The molecule has 4 atom stereocenters. The Kier molecular flexibility index (Phi) is 10.4. The highest BCUT2D eigenvalue weighted by molar-refractivity contribution is 5.92. The van der Waals surface area contributed by atoms with Crippen molar-refractivity contribution in [3.63, 3.8) is 0 Å². The molecule has 2 aromatic rings. The van der Waals surface area contributed by atoms with Gasteiger partial charge in [-0.3, -0.25) is 14.4 Å². The molecule has 10 nitrogen and oxygen atoms in total. The molecule has 1 aliphatic heterocycles. The standard InChI is InChI=1S/C27H39FN6O4/c1-18(29-3)25(35)31-24(19(2)38-5)27(37)34-13-6-7-22(34)15-33(26(36)23-16-32(4)17-30-23)14-12-20-8-10-21(28)11-9-20/h8-11,16-19,22,24,29H,6-7,12-15H2,1-5H3,(H,31,35). The minimum absolute atomic E-state index is 0.228. The first-order chi connectivity index (χ1) is 18.1. The van der Waals surface area contributed by atoms with Gasteiger partial charge in [-0.2, -0.15) is 0 Å². The van der Waals surface area contributed by atoms with Gasteiger partial charge in [0.2, 0.25) is 11.8 Å². The monoisotopic (exact) mass is 530 g/mol. The van der Waals surface area contributed by atoms with Crippen LogP contribution in [0.25, 0.3) is 0 Å². The summed E-state index contributed by atoms with van der Waals surface area (Å²) in [6.07, 6.45) is 4.74. The van der Waals surface area contributed by atoms with Crippen molar-refractivity contribution in [1.29, 1.82) is 0 Å². The van der Waals surface area contributed by atoms with Crippen LogP contribution in [0.2, 0.25) is 0 Å². The lowest BCUT2D eigenvalue weighted by molar-refractivity contribution is -0.141. The van der Waals surface area contributed by atoms with E-state index in [0.717, 1.165) is 18.4 Å². The maximum absolute atomic E-state index is 13.7. The highest BCUT2D eigenvalue weighted by Crippen LogP contribution is 2.22. The summed E-state index contributed by atoms with van der Waals surface area (Å²) in [6.45, 7) is 4.69.